The number of amides is 2. The molecule has 2 aromatic rings. The molecule has 138 valence electrons. The Labute approximate surface area is 162 Å². The van der Waals surface area contributed by atoms with Gasteiger partial charge in [0, 0.05) is 5.69 Å². The Balaban J connectivity index is 1.68. The van der Waals surface area contributed by atoms with Crippen molar-refractivity contribution in [2.75, 3.05) is 18.4 Å². The van der Waals surface area contributed by atoms with Gasteiger partial charge in [-0.1, -0.05) is 17.7 Å². The van der Waals surface area contributed by atoms with Crippen LogP contribution >= 0.6 is 22.9 Å². The summed E-state index contributed by atoms with van der Waals surface area (Å²) in [4.78, 5) is 25.5. The van der Waals surface area contributed by atoms with E-state index < -0.39 is 5.54 Å². The Kier molecular flexibility index (Phi) is 5.65. The third kappa shape index (κ3) is 4.44. The first-order chi connectivity index (χ1) is 12.3. The molecule has 0 saturated carbocycles. The van der Waals surface area contributed by atoms with Crippen molar-refractivity contribution in [2.24, 2.45) is 0 Å². The molecule has 0 spiro atoms. The van der Waals surface area contributed by atoms with Crippen molar-refractivity contribution >= 4 is 40.4 Å². The van der Waals surface area contributed by atoms with Gasteiger partial charge in [0.15, 0.2) is 0 Å². The summed E-state index contributed by atoms with van der Waals surface area (Å²) in [5, 5.41) is 9.06. The van der Waals surface area contributed by atoms with Gasteiger partial charge >= 0.3 is 0 Å². The van der Waals surface area contributed by atoms with Crippen LogP contribution in [0.2, 0.25) is 4.34 Å². The predicted octanol–water partition coefficient (Wildman–Crippen LogP) is 3.24. The third-order valence-electron chi connectivity index (χ3n) is 4.40. The van der Waals surface area contributed by atoms with Gasteiger partial charge in [-0.05, 0) is 75.2 Å². The Bertz CT molecular complexity index is 832. The molecule has 1 aromatic carbocycles. The van der Waals surface area contributed by atoms with Gasteiger partial charge < -0.3 is 16.0 Å². The summed E-state index contributed by atoms with van der Waals surface area (Å²) in [6.45, 7) is 5.28. The third-order valence-corrected chi connectivity index (χ3v) is 5.63. The van der Waals surface area contributed by atoms with E-state index in [1.165, 1.54) is 22.5 Å². The number of hydrogen-bond donors (Lipinski definition) is 3. The smallest absolute Gasteiger partial charge is 0.262 e. The average Bonchev–Trinajstić information content (AvgIpc) is 2.89. The second-order valence-electron chi connectivity index (χ2n) is 6.87. The molecule has 2 amide bonds. The number of benzene rings is 1. The standard InChI is InChI=1S/C19H22ClN3O2S/c1-19(2,23-17(24)15-5-6-16(20)26-15)18(25)22-14-4-3-12-7-9-21-10-8-13(12)11-14/h3-6,11,21H,7-10H2,1-2H3,(H,22,25)(H,23,24). The molecule has 0 radical (unpaired) electrons. The molecule has 5 nitrogen and oxygen atoms in total. The van der Waals surface area contributed by atoms with E-state index in [4.69, 9.17) is 11.6 Å². The molecule has 1 aliphatic heterocycles. The van der Waals surface area contributed by atoms with Crippen LogP contribution in [0.5, 0.6) is 0 Å². The number of carbonyl (C=O) groups is 2. The van der Waals surface area contributed by atoms with Crippen molar-refractivity contribution in [3.63, 3.8) is 0 Å². The molecule has 1 aliphatic rings. The second kappa shape index (κ2) is 7.78. The lowest BCUT2D eigenvalue weighted by Crippen LogP contribution is -2.52. The Morgan fingerprint density at radius 2 is 1.85 bits per heavy atom. The maximum Gasteiger partial charge on any atom is 0.262 e. The number of halogens is 1. The van der Waals surface area contributed by atoms with Crippen LogP contribution in [0.15, 0.2) is 30.3 Å². The monoisotopic (exact) mass is 391 g/mol. The maximum atomic E-state index is 12.7. The molecule has 1 aromatic heterocycles. The van der Waals surface area contributed by atoms with Crippen LogP contribution in [-0.4, -0.2) is 30.4 Å². The number of carbonyl (C=O) groups excluding carboxylic acids is 2. The predicted molar refractivity (Wildman–Crippen MR) is 106 cm³/mol. The lowest BCUT2D eigenvalue weighted by Gasteiger charge is -2.25. The zero-order valence-electron chi connectivity index (χ0n) is 14.8. The van der Waals surface area contributed by atoms with Crippen LogP contribution in [0.1, 0.15) is 34.6 Å². The topological polar surface area (TPSA) is 70.2 Å². The summed E-state index contributed by atoms with van der Waals surface area (Å²) < 4.78 is 0.539. The van der Waals surface area contributed by atoms with E-state index >= 15 is 0 Å². The van der Waals surface area contributed by atoms with Crippen molar-refractivity contribution in [2.45, 2.75) is 32.2 Å². The quantitative estimate of drug-likeness (QED) is 0.749. The molecule has 26 heavy (non-hydrogen) atoms. The number of nitrogens with one attached hydrogen (secondary N) is 3. The zero-order chi connectivity index (χ0) is 18.7. The first kappa shape index (κ1) is 18.9. The van der Waals surface area contributed by atoms with Crippen LogP contribution in [0.25, 0.3) is 0 Å². The zero-order valence-corrected chi connectivity index (χ0v) is 16.4. The highest BCUT2D eigenvalue weighted by Crippen LogP contribution is 2.23. The summed E-state index contributed by atoms with van der Waals surface area (Å²) in [6, 6.07) is 9.32. The van der Waals surface area contributed by atoms with Crippen LogP contribution in [0.4, 0.5) is 5.69 Å². The van der Waals surface area contributed by atoms with Gasteiger partial charge in [0.25, 0.3) is 5.91 Å². The average molecular weight is 392 g/mol. The molecular weight excluding hydrogens is 370 g/mol. The van der Waals surface area contributed by atoms with Gasteiger partial charge in [-0.25, -0.2) is 0 Å². The lowest BCUT2D eigenvalue weighted by atomic mass is 10.0. The summed E-state index contributed by atoms with van der Waals surface area (Å²) in [7, 11) is 0. The SMILES string of the molecule is CC(C)(NC(=O)c1ccc(Cl)s1)C(=O)Nc1ccc2c(c1)CCNCC2. The maximum absolute atomic E-state index is 12.7. The van der Waals surface area contributed by atoms with Crippen molar-refractivity contribution in [3.8, 4) is 0 Å². The summed E-state index contributed by atoms with van der Waals surface area (Å²) in [5.74, 6) is -0.574. The number of rotatable bonds is 4. The van der Waals surface area contributed by atoms with Crippen molar-refractivity contribution in [3.05, 3.63) is 50.7 Å². The highest BCUT2D eigenvalue weighted by Gasteiger charge is 2.30. The van der Waals surface area contributed by atoms with E-state index in [1.807, 2.05) is 12.1 Å². The van der Waals surface area contributed by atoms with E-state index in [-0.39, 0.29) is 11.8 Å². The summed E-state index contributed by atoms with van der Waals surface area (Å²) >= 11 is 7.06. The molecule has 0 unspecified atom stereocenters. The minimum absolute atomic E-state index is 0.264. The van der Waals surface area contributed by atoms with Gasteiger partial charge in [0.2, 0.25) is 5.91 Å². The van der Waals surface area contributed by atoms with E-state index in [2.05, 4.69) is 22.0 Å². The molecule has 0 saturated heterocycles. The molecule has 2 heterocycles. The fraction of sp³-hybridized carbons (Fsp3) is 0.368. The van der Waals surface area contributed by atoms with Crippen LogP contribution < -0.4 is 16.0 Å². The largest absolute Gasteiger partial charge is 0.337 e. The van der Waals surface area contributed by atoms with E-state index in [0.717, 1.165) is 31.6 Å². The second-order valence-corrected chi connectivity index (χ2v) is 8.59. The molecule has 0 atom stereocenters. The molecule has 0 fully saturated rings. The highest BCUT2D eigenvalue weighted by molar-refractivity contribution is 7.18. The number of fused-ring (bicyclic) bond motifs is 1. The van der Waals surface area contributed by atoms with Crippen molar-refractivity contribution in [1.82, 2.24) is 10.6 Å². The minimum atomic E-state index is -1.05. The first-order valence-electron chi connectivity index (χ1n) is 8.57. The fourth-order valence-electron chi connectivity index (χ4n) is 2.88. The molecular formula is C19H22ClN3O2S. The number of anilines is 1. The molecule has 3 rings (SSSR count). The van der Waals surface area contributed by atoms with Crippen LogP contribution in [-0.2, 0) is 17.6 Å². The minimum Gasteiger partial charge on any atom is -0.337 e. The van der Waals surface area contributed by atoms with Gasteiger partial charge in [-0.2, -0.15) is 0 Å². The highest BCUT2D eigenvalue weighted by atomic mass is 35.5. The Morgan fingerprint density at radius 1 is 1.12 bits per heavy atom. The summed E-state index contributed by atoms with van der Waals surface area (Å²) in [5.41, 5.74) is 2.26. The van der Waals surface area contributed by atoms with Crippen LogP contribution in [0, 0.1) is 0 Å². The van der Waals surface area contributed by atoms with Gasteiger partial charge in [0.05, 0.1) is 9.21 Å². The number of hydrogen-bond acceptors (Lipinski definition) is 4. The van der Waals surface area contributed by atoms with Gasteiger partial charge in [-0.3, -0.25) is 9.59 Å². The first-order valence-corrected chi connectivity index (χ1v) is 9.76. The normalized spacial score (nSPS) is 14.3. The Hall–Kier alpha value is -1.89. The van der Waals surface area contributed by atoms with Gasteiger partial charge in [-0.15, -0.1) is 11.3 Å². The molecule has 7 heteroatoms. The fourth-order valence-corrected chi connectivity index (χ4v) is 3.82. The summed E-state index contributed by atoms with van der Waals surface area (Å²) in [6.07, 6.45) is 1.94. The van der Waals surface area contributed by atoms with E-state index in [0.29, 0.717) is 9.21 Å². The lowest BCUT2D eigenvalue weighted by molar-refractivity contribution is -0.120. The molecule has 0 aliphatic carbocycles. The van der Waals surface area contributed by atoms with Crippen LogP contribution in [0.3, 0.4) is 0 Å². The van der Waals surface area contributed by atoms with Crippen molar-refractivity contribution < 1.29 is 9.59 Å². The van der Waals surface area contributed by atoms with E-state index in [9.17, 15) is 9.59 Å². The number of thiophene rings is 1. The van der Waals surface area contributed by atoms with Gasteiger partial charge in [0.1, 0.15) is 5.54 Å². The molecule has 0 bridgehead atoms. The van der Waals surface area contributed by atoms with E-state index in [1.54, 1.807) is 26.0 Å². The Morgan fingerprint density at radius 3 is 2.54 bits per heavy atom. The van der Waals surface area contributed by atoms with Crippen molar-refractivity contribution in [1.29, 1.82) is 0 Å². The molecule has 3 N–H and O–H groups in total.